The first-order chi connectivity index (χ1) is 13.7. The van der Waals surface area contributed by atoms with Crippen molar-refractivity contribution in [2.24, 2.45) is 0 Å². The molecule has 0 aliphatic carbocycles. The summed E-state index contributed by atoms with van der Waals surface area (Å²) in [5.74, 6) is 0.854. The molecule has 2 rings (SSSR count). The number of nitrogens with zero attached hydrogens (tertiary/aromatic N) is 3. The molecule has 2 N–H and O–H groups in total. The van der Waals surface area contributed by atoms with E-state index in [-0.39, 0.29) is 19.0 Å². The minimum absolute atomic E-state index is 0.00776. The van der Waals surface area contributed by atoms with Crippen LogP contribution in [-0.2, 0) is 4.74 Å². The summed E-state index contributed by atoms with van der Waals surface area (Å²) in [5.41, 5.74) is 0.494. The summed E-state index contributed by atoms with van der Waals surface area (Å²) >= 11 is 0. The van der Waals surface area contributed by atoms with Gasteiger partial charge in [0.2, 0.25) is 0 Å². The predicted molar refractivity (Wildman–Crippen MR) is 107 cm³/mol. The number of rotatable bonds is 14. The zero-order valence-electron chi connectivity index (χ0n) is 16.6. The van der Waals surface area contributed by atoms with Gasteiger partial charge in [0.25, 0.3) is 0 Å². The van der Waals surface area contributed by atoms with Crippen LogP contribution >= 0.6 is 0 Å². The quantitative estimate of drug-likeness (QED) is 0.475. The molecule has 1 aromatic heterocycles. The number of phenolic OH excluding ortho intramolecular Hbond substituents is 1. The molecule has 1 heterocycles. The molecule has 7 nitrogen and oxygen atoms in total. The Morgan fingerprint density at radius 3 is 2.39 bits per heavy atom. The maximum atomic E-state index is 10.1. The van der Waals surface area contributed by atoms with Crippen LogP contribution in [0.25, 0.3) is 11.4 Å². The van der Waals surface area contributed by atoms with E-state index in [0.29, 0.717) is 23.7 Å². The highest BCUT2D eigenvalue weighted by molar-refractivity contribution is 5.64. The highest BCUT2D eigenvalue weighted by Gasteiger charge is 2.10. The van der Waals surface area contributed by atoms with Gasteiger partial charge in [0.1, 0.15) is 36.9 Å². The van der Waals surface area contributed by atoms with E-state index in [1.165, 1.54) is 57.2 Å². The third kappa shape index (κ3) is 8.19. The summed E-state index contributed by atoms with van der Waals surface area (Å²) in [4.78, 5) is 11.8. The zero-order chi connectivity index (χ0) is 20.0. The summed E-state index contributed by atoms with van der Waals surface area (Å²) in [6, 6.07) is 4.85. The van der Waals surface area contributed by atoms with Crippen LogP contribution in [0.5, 0.6) is 11.5 Å². The van der Waals surface area contributed by atoms with Crippen molar-refractivity contribution in [1.29, 1.82) is 0 Å². The van der Waals surface area contributed by atoms with Crippen LogP contribution in [-0.4, -0.2) is 51.1 Å². The molecule has 7 heteroatoms. The first-order valence-electron chi connectivity index (χ1n) is 10.0. The Morgan fingerprint density at radius 1 is 0.964 bits per heavy atom. The van der Waals surface area contributed by atoms with E-state index in [2.05, 4.69) is 21.9 Å². The molecule has 1 aromatic carbocycles. The molecule has 28 heavy (non-hydrogen) atoms. The van der Waals surface area contributed by atoms with Crippen LogP contribution in [0.4, 0.5) is 0 Å². The molecule has 0 spiro atoms. The van der Waals surface area contributed by atoms with Crippen molar-refractivity contribution in [3.8, 4) is 22.9 Å². The third-order valence-electron chi connectivity index (χ3n) is 4.35. The lowest BCUT2D eigenvalue weighted by Crippen LogP contribution is -2.23. The number of hydrogen-bond acceptors (Lipinski definition) is 7. The molecule has 1 atom stereocenters. The van der Waals surface area contributed by atoms with Crippen molar-refractivity contribution in [1.82, 2.24) is 15.0 Å². The second-order valence-electron chi connectivity index (χ2n) is 6.80. The van der Waals surface area contributed by atoms with Crippen molar-refractivity contribution in [2.75, 3.05) is 19.8 Å². The van der Waals surface area contributed by atoms with Crippen molar-refractivity contribution in [3.63, 3.8) is 0 Å². The Hall–Kier alpha value is -2.25. The van der Waals surface area contributed by atoms with Crippen LogP contribution < -0.4 is 4.74 Å². The molecule has 0 amide bonds. The fourth-order valence-electron chi connectivity index (χ4n) is 2.79. The molecule has 2 aromatic rings. The first-order valence-corrected chi connectivity index (χ1v) is 10.0. The number of aliphatic hydroxyl groups excluding tert-OH is 1. The molecule has 154 valence electrons. The lowest BCUT2D eigenvalue weighted by Gasteiger charge is -2.13. The molecule has 0 saturated heterocycles. The van der Waals surface area contributed by atoms with Crippen LogP contribution in [0.1, 0.15) is 51.9 Å². The monoisotopic (exact) mass is 389 g/mol. The number of hydrogen-bond donors (Lipinski definition) is 2. The fraction of sp³-hybridized carbons (Fsp3) is 0.571. The maximum Gasteiger partial charge on any atom is 0.166 e. The van der Waals surface area contributed by atoms with Crippen molar-refractivity contribution < 1.29 is 19.7 Å². The number of phenols is 1. The Labute approximate surface area is 166 Å². The van der Waals surface area contributed by atoms with E-state index in [9.17, 15) is 10.2 Å². The first kappa shape index (κ1) is 22.0. The molecule has 0 radical (unpaired) electrons. The van der Waals surface area contributed by atoms with Gasteiger partial charge in [-0.2, -0.15) is 0 Å². The van der Waals surface area contributed by atoms with E-state index in [0.717, 1.165) is 6.42 Å². The van der Waals surface area contributed by atoms with Crippen LogP contribution in [0.3, 0.4) is 0 Å². The minimum Gasteiger partial charge on any atom is -0.507 e. The summed E-state index contributed by atoms with van der Waals surface area (Å²) in [5, 5.41) is 20.1. The van der Waals surface area contributed by atoms with Gasteiger partial charge >= 0.3 is 0 Å². The average molecular weight is 389 g/mol. The molecule has 0 aliphatic rings. The minimum atomic E-state index is -0.713. The lowest BCUT2D eigenvalue weighted by atomic mass is 10.1. The molecular weight excluding hydrogens is 358 g/mol. The predicted octanol–water partition coefficient (Wildman–Crippen LogP) is 3.75. The second-order valence-corrected chi connectivity index (χ2v) is 6.80. The normalized spacial score (nSPS) is 12.1. The fourth-order valence-corrected chi connectivity index (χ4v) is 2.79. The topological polar surface area (TPSA) is 97.6 Å². The van der Waals surface area contributed by atoms with Gasteiger partial charge in [0.05, 0.1) is 12.2 Å². The Balaban J connectivity index is 1.61. The van der Waals surface area contributed by atoms with Crippen LogP contribution in [0, 0.1) is 0 Å². The smallest absolute Gasteiger partial charge is 0.166 e. The van der Waals surface area contributed by atoms with E-state index in [1.54, 1.807) is 12.1 Å². The second kappa shape index (κ2) is 13.0. The lowest BCUT2D eigenvalue weighted by molar-refractivity contribution is 0.0109. The van der Waals surface area contributed by atoms with E-state index >= 15 is 0 Å². The molecule has 0 bridgehead atoms. The van der Waals surface area contributed by atoms with E-state index in [1.807, 2.05) is 0 Å². The average Bonchev–Trinajstić information content (AvgIpc) is 2.72. The van der Waals surface area contributed by atoms with Crippen LogP contribution in [0.2, 0.25) is 0 Å². The standard InChI is InChI=1S/C21H31N3O4/c1-2-3-4-5-6-7-8-11-27-13-17(25)14-28-18-9-10-19(20(26)12-18)21-23-15-22-16-24-21/h9-10,12,15-17,25-26H,2-8,11,13-14H2,1H3. The summed E-state index contributed by atoms with van der Waals surface area (Å²) in [6.07, 6.45) is 10.7. The summed E-state index contributed by atoms with van der Waals surface area (Å²) < 4.78 is 11.0. The van der Waals surface area contributed by atoms with Gasteiger partial charge in [0.15, 0.2) is 5.82 Å². The van der Waals surface area contributed by atoms with Crippen molar-refractivity contribution >= 4 is 0 Å². The zero-order valence-corrected chi connectivity index (χ0v) is 16.6. The highest BCUT2D eigenvalue weighted by atomic mass is 16.5. The Bertz CT molecular complexity index is 670. The number of ether oxygens (including phenoxy) is 2. The molecule has 1 unspecified atom stereocenters. The van der Waals surface area contributed by atoms with Gasteiger partial charge in [-0.3, -0.25) is 0 Å². The number of aromatic nitrogens is 3. The third-order valence-corrected chi connectivity index (χ3v) is 4.35. The number of benzene rings is 1. The maximum absolute atomic E-state index is 10.1. The number of unbranched alkanes of at least 4 members (excludes halogenated alkanes) is 6. The van der Waals surface area contributed by atoms with Gasteiger partial charge in [0, 0.05) is 12.7 Å². The SMILES string of the molecule is CCCCCCCCCOCC(O)COc1ccc(-c2ncncn2)c(O)c1. The van der Waals surface area contributed by atoms with Crippen molar-refractivity contribution in [3.05, 3.63) is 30.9 Å². The van der Waals surface area contributed by atoms with E-state index in [4.69, 9.17) is 9.47 Å². The molecule has 0 saturated carbocycles. The Morgan fingerprint density at radius 2 is 1.68 bits per heavy atom. The van der Waals surface area contributed by atoms with Crippen molar-refractivity contribution in [2.45, 2.75) is 58.0 Å². The van der Waals surface area contributed by atoms with E-state index < -0.39 is 6.10 Å². The number of aromatic hydroxyl groups is 1. The van der Waals surface area contributed by atoms with Gasteiger partial charge in [-0.15, -0.1) is 0 Å². The number of aliphatic hydroxyl groups is 1. The molecule has 0 aliphatic heterocycles. The van der Waals surface area contributed by atoms with Crippen LogP contribution in [0.15, 0.2) is 30.9 Å². The molecular formula is C21H31N3O4. The molecule has 0 fully saturated rings. The van der Waals surface area contributed by atoms with Gasteiger partial charge in [-0.1, -0.05) is 45.4 Å². The van der Waals surface area contributed by atoms with Gasteiger partial charge < -0.3 is 19.7 Å². The van der Waals surface area contributed by atoms with Gasteiger partial charge in [-0.25, -0.2) is 15.0 Å². The summed E-state index contributed by atoms with van der Waals surface area (Å²) in [7, 11) is 0. The Kier molecular flexibility index (Phi) is 10.2. The largest absolute Gasteiger partial charge is 0.507 e. The van der Waals surface area contributed by atoms with Gasteiger partial charge in [-0.05, 0) is 18.6 Å². The summed E-state index contributed by atoms with van der Waals surface area (Å²) in [6.45, 7) is 3.22. The highest BCUT2D eigenvalue weighted by Crippen LogP contribution is 2.29.